The standard InChI is InChI=1S/C24H43NO5/c1-7-8-9-11-20(28-6)16-21-14-13-19(4)17-25(5)15-10-12-22(26)30-23(18(2)3)24(27)29-21/h10,15,18-21,23H,7-9,11-14,16-17H2,1-6H3/b15-10+/t19-,20+,21?,23?/m1/s1. The molecule has 2 unspecified atom stereocenters. The zero-order valence-electron chi connectivity index (χ0n) is 19.9. The van der Waals surface area contributed by atoms with E-state index in [1.165, 1.54) is 6.42 Å². The third-order valence-corrected chi connectivity index (χ3v) is 5.59. The molecule has 174 valence electrons. The van der Waals surface area contributed by atoms with Crippen molar-refractivity contribution in [3.63, 3.8) is 0 Å². The molecule has 1 aliphatic rings. The molecule has 0 aliphatic carbocycles. The number of hydrogen-bond donors (Lipinski definition) is 0. The highest BCUT2D eigenvalue weighted by Gasteiger charge is 2.31. The Hall–Kier alpha value is -1.56. The van der Waals surface area contributed by atoms with Gasteiger partial charge < -0.3 is 19.1 Å². The number of unbranched alkanes of at least 4 members (excludes halogenated alkanes) is 2. The Morgan fingerprint density at radius 1 is 1.20 bits per heavy atom. The third-order valence-electron chi connectivity index (χ3n) is 5.59. The molecule has 6 heteroatoms. The van der Waals surface area contributed by atoms with Crippen LogP contribution >= 0.6 is 0 Å². The van der Waals surface area contributed by atoms with Crippen LogP contribution in [0.25, 0.3) is 0 Å². The summed E-state index contributed by atoms with van der Waals surface area (Å²) in [5, 5.41) is 0. The highest BCUT2D eigenvalue weighted by Crippen LogP contribution is 2.22. The van der Waals surface area contributed by atoms with E-state index in [1.807, 2.05) is 27.1 Å². The molecule has 30 heavy (non-hydrogen) atoms. The molecule has 1 rings (SSSR count). The van der Waals surface area contributed by atoms with Gasteiger partial charge in [0, 0.05) is 33.0 Å². The van der Waals surface area contributed by atoms with Crippen LogP contribution in [0.5, 0.6) is 0 Å². The molecular weight excluding hydrogens is 382 g/mol. The van der Waals surface area contributed by atoms with Gasteiger partial charge in [-0.15, -0.1) is 0 Å². The Bertz CT molecular complexity index is 534. The van der Waals surface area contributed by atoms with E-state index in [1.54, 1.807) is 13.2 Å². The fourth-order valence-corrected chi connectivity index (χ4v) is 3.79. The molecule has 1 heterocycles. The average Bonchev–Trinajstić information content (AvgIpc) is 2.68. The predicted octanol–water partition coefficient (Wildman–Crippen LogP) is 4.72. The van der Waals surface area contributed by atoms with Crippen molar-refractivity contribution in [3.8, 4) is 0 Å². The Morgan fingerprint density at radius 2 is 1.93 bits per heavy atom. The molecular formula is C24H43NO5. The van der Waals surface area contributed by atoms with Crippen LogP contribution in [0, 0.1) is 11.8 Å². The van der Waals surface area contributed by atoms with Gasteiger partial charge in [-0.1, -0.05) is 53.0 Å². The van der Waals surface area contributed by atoms with Crippen molar-refractivity contribution in [1.82, 2.24) is 4.90 Å². The lowest BCUT2D eigenvalue weighted by atomic mass is 9.97. The molecule has 0 radical (unpaired) electrons. The largest absolute Gasteiger partial charge is 0.460 e. The maximum Gasteiger partial charge on any atom is 0.347 e. The van der Waals surface area contributed by atoms with Crippen molar-refractivity contribution in [2.24, 2.45) is 11.8 Å². The van der Waals surface area contributed by atoms with Crippen molar-refractivity contribution < 1.29 is 23.8 Å². The molecule has 4 atom stereocenters. The van der Waals surface area contributed by atoms with Crippen molar-refractivity contribution in [1.29, 1.82) is 0 Å². The first kappa shape index (κ1) is 26.5. The Kier molecular flexibility index (Phi) is 12.7. The lowest BCUT2D eigenvalue weighted by molar-refractivity contribution is -0.175. The average molecular weight is 426 g/mol. The number of methoxy groups -OCH3 is 1. The van der Waals surface area contributed by atoms with E-state index in [-0.39, 0.29) is 24.5 Å². The van der Waals surface area contributed by atoms with E-state index in [4.69, 9.17) is 14.2 Å². The van der Waals surface area contributed by atoms with E-state index >= 15 is 0 Å². The summed E-state index contributed by atoms with van der Waals surface area (Å²) in [6, 6.07) is 0. The smallest absolute Gasteiger partial charge is 0.347 e. The molecule has 0 amide bonds. The van der Waals surface area contributed by atoms with Gasteiger partial charge in [0.25, 0.3) is 0 Å². The maximum absolute atomic E-state index is 12.9. The second kappa shape index (κ2) is 14.4. The molecule has 0 aromatic carbocycles. The maximum atomic E-state index is 12.9. The summed E-state index contributed by atoms with van der Waals surface area (Å²) >= 11 is 0. The monoisotopic (exact) mass is 425 g/mol. The number of ether oxygens (including phenoxy) is 3. The highest BCUT2D eigenvalue weighted by atomic mass is 16.6. The number of nitrogens with zero attached hydrogens (tertiary/aromatic N) is 1. The molecule has 0 N–H and O–H groups in total. The van der Waals surface area contributed by atoms with E-state index < -0.39 is 18.0 Å². The summed E-state index contributed by atoms with van der Waals surface area (Å²) in [4.78, 5) is 27.2. The van der Waals surface area contributed by atoms with Gasteiger partial charge in [0.2, 0.25) is 6.10 Å². The van der Waals surface area contributed by atoms with Crippen LogP contribution in [0.1, 0.15) is 79.1 Å². The summed E-state index contributed by atoms with van der Waals surface area (Å²) in [5.41, 5.74) is 0. The first-order chi connectivity index (χ1) is 14.3. The van der Waals surface area contributed by atoms with Crippen LogP contribution in [-0.2, 0) is 23.8 Å². The molecule has 0 saturated carbocycles. The summed E-state index contributed by atoms with van der Waals surface area (Å²) in [5.74, 6) is -0.565. The zero-order chi connectivity index (χ0) is 22.5. The minimum Gasteiger partial charge on any atom is -0.460 e. The minimum atomic E-state index is -0.882. The first-order valence-corrected chi connectivity index (χ1v) is 11.6. The van der Waals surface area contributed by atoms with E-state index in [2.05, 4.69) is 18.7 Å². The number of esters is 2. The van der Waals surface area contributed by atoms with Crippen LogP contribution in [0.2, 0.25) is 0 Å². The predicted molar refractivity (Wildman–Crippen MR) is 119 cm³/mol. The molecule has 0 saturated heterocycles. The zero-order valence-corrected chi connectivity index (χ0v) is 19.9. The summed E-state index contributed by atoms with van der Waals surface area (Å²) in [7, 11) is 3.73. The molecule has 0 fully saturated rings. The van der Waals surface area contributed by atoms with Crippen molar-refractivity contribution in [3.05, 3.63) is 12.3 Å². The molecule has 6 nitrogen and oxygen atoms in total. The van der Waals surface area contributed by atoms with Gasteiger partial charge >= 0.3 is 11.9 Å². The second-order valence-electron chi connectivity index (χ2n) is 9.01. The lowest BCUT2D eigenvalue weighted by Gasteiger charge is -2.28. The SMILES string of the molecule is CCCCC[C@@H](CC1CC[C@@H](C)CN(C)/C=C/CC(=O)OC(C(C)C)C(=O)O1)OC. The minimum absolute atomic E-state index is 0.0641. The topological polar surface area (TPSA) is 65.1 Å². The van der Waals surface area contributed by atoms with Crippen LogP contribution in [0.15, 0.2) is 12.3 Å². The normalized spacial score (nSPS) is 26.6. The van der Waals surface area contributed by atoms with Gasteiger partial charge in [0.05, 0.1) is 12.5 Å². The van der Waals surface area contributed by atoms with Gasteiger partial charge in [0.15, 0.2) is 0 Å². The molecule has 0 spiro atoms. The molecule has 0 aromatic heterocycles. The second-order valence-corrected chi connectivity index (χ2v) is 9.01. The van der Waals surface area contributed by atoms with Crippen LogP contribution in [-0.4, -0.2) is 55.9 Å². The van der Waals surface area contributed by atoms with E-state index in [0.29, 0.717) is 12.3 Å². The van der Waals surface area contributed by atoms with Gasteiger partial charge in [-0.25, -0.2) is 4.79 Å². The highest BCUT2D eigenvalue weighted by molar-refractivity contribution is 5.80. The van der Waals surface area contributed by atoms with Crippen LogP contribution in [0.4, 0.5) is 0 Å². The van der Waals surface area contributed by atoms with Gasteiger partial charge in [0.1, 0.15) is 6.10 Å². The Morgan fingerprint density at radius 3 is 2.57 bits per heavy atom. The Labute approximate surface area is 183 Å². The van der Waals surface area contributed by atoms with Crippen molar-refractivity contribution >= 4 is 11.9 Å². The number of cyclic esters (lactones) is 2. The fourth-order valence-electron chi connectivity index (χ4n) is 3.79. The van der Waals surface area contributed by atoms with Crippen LogP contribution < -0.4 is 0 Å². The summed E-state index contributed by atoms with van der Waals surface area (Å²) < 4.78 is 17.1. The fraction of sp³-hybridized carbons (Fsp3) is 0.833. The quantitative estimate of drug-likeness (QED) is 0.414. The van der Waals surface area contributed by atoms with Crippen molar-refractivity contribution in [2.75, 3.05) is 20.7 Å². The van der Waals surface area contributed by atoms with Gasteiger partial charge in [-0.2, -0.15) is 0 Å². The summed E-state index contributed by atoms with van der Waals surface area (Å²) in [6.07, 6.45) is 9.59. The molecule has 0 bridgehead atoms. The van der Waals surface area contributed by atoms with E-state index in [9.17, 15) is 9.59 Å². The summed E-state index contributed by atoms with van der Waals surface area (Å²) in [6.45, 7) is 9.00. The molecule has 0 aromatic rings. The number of carbonyl (C=O) groups excluding carboxylic acids is 2. The van der Waals surface area contributed by atoms with Gasteiger partial charge in [-0.05, 0) is 31.4 Å². The Balaban J connectivity index is 2.95. The first-order valence-electron chi connectivity index (χ1n) is 11.6. The number of hydrogen-bond acceptors (Lipinski definition) is 6. The third kappa shape index (κ3) is 10.5. The number of carbonyl (C=O) groups is 2. The lowest BCUT2D eigenvalue weighted by Crippen LogP contribution is -2.37. The van der Waals surface area contributed by atoms with E-state index in [0.717, 1.165) is 38.6 Å². The number of rotatable bonds is 8. The van der Waals surface area contributed by atoms with Crippen LogP contribution in [0.3, 0.4) is 0 Å². The molecule has 1 aliphatic heterocycles. The van der Waals surface area contributed by atoms with Gasteiger partial charge in [-0.3, -0.25) is 4.79 Å². The van der Waals surface area contributed by atoms with Crippen molar-refractivity contribution in [2.45, 2.75) is 97.4 Å².